The zero-order chi connectivity index (χ0) is 10.1. The van der Waals surface area contributed by atoms with Crippen LogP contribution in [0, 0.1) is 5.82 Å². The van der Waals surface area contributed by atoms with Gasteiger partial charge in [0.2, 0.25) is 0 Å². The molecule has 0 atom stereocenters. The van der Waals surface area contributed by atoms with Crippen LogP contribution in [-0.4, -0.2) is 9.78 Å². The average Bonchev–Trinajstić information content (AvgIpc) is 2.47. The van der Waals surface area contributed by atoms with Gasteiger partial charge in [0.05, 0.1) is 5.69 Å². The lowest BCUT2D eigenvalue weighted by molar-refractivity contribution is 0.628. The largest absolute Gasteiger partial charge is 0.256 e. The van der Waals surface area contributed by atoms with Gasteiger partial charge in [0, 0.05) is 18.7 Å². The first-order valence-corrected chi connectivity index (χ1v) is 4.50. The molecular formula is C10H8ClFN2. The van der Waals surface area contributed by atoms with E-state index in [0.29, 0.717) is 10.8 Å². The van der Waals surface area contributed by atoms with Gasteiger partial charge < -0.3 is 0 Å². The van der Waals surface area contributed by atoms with Crippen LogP contribution >= 0.6 is 11.6 Å². The van der Waals surface area contributed by atoms with Crippen LogP contribution in [0.5, 0.6) is 0 Å². The SMILES string of the molecule is Cn1nc(-c2cccc(F)c2)cc1Cl. The molecule has 0 unspecified atom stereocenters. The first-order valence-electron chi connectivity index (χ1n) is 4.12. The highest BCUT2D eigenvalue weighted by atomic mass is 35.5. The standard InChI is InChI=1S/C10H8ClFN2/c1-14-10(11)6-9(13-14)7-3-2-4-8(12)5-7/h2-6H,1H3. The molecule has 0 amide bonds. The first-order chi connectivity index (χ1) is 6.66. The van der Waals surface area contributed by atoms with Crippen LogP contribution in [0.4, 0.5) is 4.39 Å². The van der Waals surface area contributed by atoms with Crippen molar-refractivity contribution in [1.82, 2.24) is 9.78 Å². The zero-order valence-electron chi connectivity index (χ0n) is 7.54. The van der Waals surface area contributed by atoms with Crippen molar-refractivity contribution in [2.24, 2.45) is 7.05 Å². The summed E-state index contributed by atoms with van der Waals surface area (Å²) in [4.78, 5) is 0. The van der Waals surface area contributed by atoms with E-state index in [1.807, 2.05) is 0 Å². The maximum Gasteiger partial charge on any atom is 0.127 e. The molecule has 0 aliphatic rings. The highest BCUT2D eigenvalue weighted by Crippen LogP contribution is 2.21. The number of halogens is 2. The van der Waals surface area contributed by atoms with E-state index < -0.39 is 0 Å². The van der Waals surface area contributed by atoms with E-state index in [1.54, 1.807) is 29.9 Å². The van der Waals surface area contributed by atoms with Gasteiger partial charge in [-0.25, -0.2) is 4.39 Å². The third-order valence-corrected chi connectivity index (χ3v) is 2.30. The van der Waals surface area contributed by atoms with Gasteiger partial charge in [0.25, 0.3) is 0 Å². The van der Waals surface area contributed by atoms with Crippen molar-refractivity contribution in [2.45, 2.75) is 0 Å². The Morgan fingerprint density at radius 1 is 1.36 bits per heavy atom. The lowest BCUT2D eigenvalue weighted by Crippen LogP contribution is -1.89. The summed E-state index contributed by atoms with van der Waals surface area (Å²) in [6.45, 7) is 0. The number of aromatic nitrogens is 2. The minimum Gasteiger partial charge on any atom is -0.256 e. The number of hydrogen-bond acceptors (Lipinski definition) is 1. The van der Waals surface area contributed by atoms with E-state index in [9.17, 15) is 4.39 Å². The van der Waals surface area contributed by atoms with Gasteiger partial charge in [0.15, 0.2) is 0 Å². The second-order valence-corrected chi connectivity index (χ2v) is 3.37. The van der Waals surface area contributed by atoms with E-state index in [2.05, 4.69) is 5.10 Å². The van der Waals surface area contributed by atoms with E-state index in [1.165, 1.54) is 12.1 Å². The van der Waals surface area contributed by atoms with Crippen LogP contribution in [0.15, 0.2) is 30.3 Å². The summed E-state index contributed by atoms with van der Waals surface area (Å²) in [6, 6.07) is 7.97. The molecule has 1 heterocycles. The molecule has 0 spiro atoms. The summed E-state index contributed by atoms with van der Waals surface area (Å²) in [5.41, 5.74) is 1.41. The van der Waals surface area contributed by atoms with Gasteiger partial charge in [0.1, 0.15) is 11.0 Å². The van der Waals surface area contributed by atoms with Crippen LogP contribution in [0.2, 0.25) is 5.15 Å². The normalized spacial score (nSPS) is 10.5. The first kappa shape index (κ1) is 9.21. The fourth-order valence-corrected chi connectivity index (χ4v) is 1.37. The molecule has 2 nitrogen and oxygen atoms in total. The molecule has 72 valence electrons. The Labute approximate surface area is 85.9 Å². The summed E-state index contributed by atoms with van der Waals surface area (Å²) in [5.74, 6) is -0.274. The second kappa shape index (κ2) is 3.42. The van der Waals surface area contributed by atoms with E-state index in [0.717, 1.165) is 5.56 Å². The molecular weight excluding hydrogens is 203 g/mol. The molecule has 0 bridgehead atoms. The van der Waals surface area contributed by atoms with Crippen molar-refractivity contribution in [2.75, 3.05) is 0 Å². The number of benzene rings is 1. The predicted molar refractivity (Wildman–Crippen MR) is 53.6 cm³/mol. The van der Waals surface area contributed by atoms with Gasteiger partial charge in [-0.2, -0.15) is 5.10 Å². The highest BCUT2D eigenvalue weighted by Gasteiger charge is 2.05. The molecule has 0 N–H and O–H groups in total. The molecule has 2 aromatic rings. The Kier molecular flexibility index (Phi) is 2.25. The molecule has 0 saturated carbocycles. The van der Waals surface area contributed by atoms with Gasteiger partial charge in [-0.05, 0) is 12.1 Å². The van der Waals surface area contributed by atoms with Crippen molar-refractivity contribution in [1.29, 1.82) is 0 Å². The Hall–Kier alpha value is -1.35. The van der Waals surface area contributed by atoms with Crippen molar-refractivity contribution in [3.8, 4) is 11.3 Å². The van der Waals surface area contributed by atoms with Crippen molar-refractivity contribution < 1.29 is 4.39 Å². The van der Waals surface area contributed by atoms with Crippen LogP contribution in [0.25, 0.3) is 11.3 Å². The number of rotatable bonds is 1. The maximum atomic E-state index is 12.9. The minimum atomic E-state index is -0.274. The molecule has 0 radical (unpaired) electrons. The molecule has 0 saturated heterocycles. The average molecular weight is 211 g/mol. The highest BCUT2D eigenvalue weighted by molar-refractivity contribution is 6.29. The Morgan fingerprint density at radius 3 is 2.71 bits per heavy atom. The van der Waals surface area contributed by atoms with Gasteiger partial charge >= 0.3 is 0 Å². The smallest absolute Gasteiger partial charge is 0.127 e. The third kappa shape index (κ3) is 1.63. The lowest BCUT2D eigenvalue weighted by atomic mass is 10.1. The van der Waals surface area contributed by atoms with Crippen LogP contribution in [-0.2, 0) is 7.05 Å². The molecule has 0 fully saturated rings. The molecule has 0 aliphatic carbocycles. The molecule has 14 heavy (non-hydrogen) atoms. The summed E-state index contributed by atoms with van der Waals surface area (Å²) < 4.78 is 14.4. The maximum absolute atomic E-state index is 12.9. The molecule has 2 rings (SSSR count). The number of aryl methyl sites for hydroxylation is 1. The topological polar surface area (TPSA) is 17.8 Å². The zero-order valence-corrected chi connectivity index (χ0v) is 8.29. The summed E-state index contributed by atoms with van der Waals surface area (Å²) in [5, 5.41) is 4.67. The fourth-order valence-electron chi connectivity index (χ4n) is 1.23. The molecule has 4 heteroatoms. The van der Waals surface area contributed by atoms with Gasteiger partial charge in [-0.1, -0.05) is 23.7 Å². The van der Waals surface area contributed by atoms with Crippen LogP contribution in [0.1, 0.15) is 0 Å². The number of hydrogen-bond donors (Lipinski definition) is 0. The van der Waals surface area contributed by atoms with Gasteiger partial charge in [-0.15, -0.1) is 0 Å². The van der Waals surface area contributed by atoms with Crippen molar-refractivity contribution >= 4 is 11.6 Å². The monoisotopic (exact) mass is 210 g/mol. The predicted octanol–water partition coefficient (Wildman–Crippen LogP) is 2.88. The Balaban J connectivity index is 2.49. The third-order valence-electron chi connectivity index (χ3n) is 1.94. The molecule has 0 aliphatic heterocycles. The number of nitrogens with zero attached hydrogens (tertiary/aromatic N) is 2. The Bertz CT molecular complexity index is 445. The van der Waals surface area contributed by atoms with E-state index in [-0.39, 0.29) is 5.82 Å². The Morgan fingerprint density at radius 2 is 2.14 bits per heavy atom. The van der Waals surface area contributed by atoms with E-state index in [4.69, 9.17) is 11.6 Å². The second-order valence-electron chi connectivity index (χ2n) is 2.99. The van der Waals surface area contributed by atoms with Crippen molar-refractivity contribution in [3.05, 3.63) is 41.3 Å². The van der Waals surface area contributed by atoms with Crippen LogP contribution < -0.4 is 0 Å². The summed E-state index contributed by atoms with van der Waals surface area (Å²) in [7, 11) is 1.74. The summed E-state index contributed by atoms with van der Waals surface area (Å²) >= 11 is 5.83. The minimum absolute atomic E-state index is 0.274. The van der Waals surface area contributed by atoms with Gasteiger partial charge in [-0.3, -0.25) is 4.68 Å². The van der Waals surface area contributed by atoms with Crippen LogP contribution in [0.3, 0.4) is 0 Å². The quantitative estimate of drug-likeness (QED) is 0.708. The fraction of sp³-hybridized carbons (Fsp3) is 0.100. The lowest BCUT2D eigenvalue weighted by Gasteiger charge is -1.95. The summed E-state index contributed by atoms with van der Waals surface area (Å²) in [6.07, 6.45) is 0. The van der Waals surface area contributed by atoms with E-state index >= 15 is 0 Å². The molecule has 1 aromatic heterocycles. The van der Waals surface area contributed by atoms with Crippen molar-refractivity contribution in [3.63, 3.8) is 0 Å². The molecule has 1 aromatic carbocycles.